The first-order valence-electron chi connectivity index (χ1n) is 6.34. The highest BCUT2D eigenvalue weighted by atomic mass is 35.5. The van der Waals surface area contributed by atoms with Gasteiger partial charge < -0.3 is 10.5 Å². The molecule has 0 atom stereocenters. The zero-order chi connectivity index (χ0) is 13.8. The molecule has 0 heterocycles. The summed E-state index contributed by atoms with van der Waals surface area (Å²) in [6, 6.07) is 11.8. The summed E-state index contributed by atoms with van der Waals surface area (Å²) in [6.07, 6.45) is 0.802. The smallest absolute Gasteiger partial charge is 0.131 e. The molecule has 0 saturated heterocycles. The van der Waals surface area contributed by atoms with E-state index < -0.39 is 0 Å². The summed E-state index contributed by atoms with van der Waals surface area (Å²) in [5.74, 6) is 1.64. The van der Waals surface area contributed by atoms with E-state index in [2.05, 4.69) is 13.0 Å². The Morgan fingerprint density at radius 2 is 1.84 bits per heavy atom. The van der Waals surface area contributed by atoms with E-state index in [9.17, 15) is 0 Å². The van der Waals surface area contributed by atoms with Crippen molar-refractivity contribution in [1.82, 2.24) is 0 Å². The fourth-order valence-corrected chi connectivity index (χ4v) is 2.12. The summed E-state index contributed by atoms with van der Waals surface area (Å²) in [5.41, 5.74) is 9.04. The van der Waals surface area contributed by atoms with Crippen LogP contribution < -0.4 is 10.5 Å². The molecule has 0 spiro atoms. The molecule has 0 unspecified atom stereocenters. The Morgan fingerprint density at radius 3 is 2.58 bits per heavy atom. The van der Waals surface area contributed by atoms with Crippen molar-refractivity contribution in [2.75, 3.05) is 6.54 Å². The average molecular weight is 276 g/mol. The van der Waals surface area contributed by atoms with Gasteiger partial charge in [-0.15, -0.1) is 0 Å². The zero-order valence-electron chi connectivity index (χ0n) is 11.2. The average Bonchev–Trinajstić information content (AvgIpc) is 2.37. The molecule has 0 amide bonds. The number of rotatable bonds is 4. The summed E-state index contributed by atoms with van der Waals surface area (Å²) < 4.78 is 5.99. The Bertz CT molecular complexity index is 581. The van der Waals surface area contributed by atoms with E-state index >= 15 is 0 Å². The highest BCUT2D eigenvalue weighted by Crippen LogP contribution is 2.30. The standard InChI is InChI=1S/C16H18ClNO/c1-11-3-6-15(13(9-11)7-8-18)19-16-10-14(17)5-4-12(16)2/h3-6,9-10H,7-8,18H2,1-2H3. The van der Waals surface area contributed by atoms with E-state index in [1.165, 1.54) is 5.56 Å². The largest absolute Gasteiger partial charge is 0.457 e. The molecular formula is C16H18ClNO. The van der Waals surface area contributed by atoms with Crippen LogP contribution >= 0.6 is 11.6 Å². The molecule has 0 radical (unpaired) electrons. The molecule has 0 aliphatic carbocycles. The van der Waals surface area contributed by atoms with Crippen LogP contribution in [0.5, 0.6) is 11.5 Å². The highest BCUT2D eigenvalue weighted by molar-refractivity contribution is 6.30. The van der Waals surface area contributed by atoms with Gasteiger partial charge in [0.15, 0.2) is 0 Å². The van der Waals surface area contributed by atoms with Crippen LogP contribution in [0.2, 0.25) is 5.02 Å². The molecule has 2 aromatic rings. The summed E-state index contributed by atoms with van der Waals surface area (Å²) >= 11 is 6.01. The number of hydrogen-bond donors (Lipinski definition) is 1. The van der Waals surface area contributed by atoms with E-state index in [1.807, 2.05) is 37.3 Å². The van der Waals surface area contributed by atoms with Crippen LogP contribution in [-0.4, -0.2) is 6.54 Å². The third-order valence-corrected chi connectivity index (χ3v) is 3.23. The lowest BCUT2D eigenvalue weighted by Crippen LogP contribution is -2.04. The van der Waals surface area contributed by atoms with Crippen molar-refractivity contribution >= 4 is 11.6 Å². The molecule has 2 aromatic carbocycles. The quantitative estimate of drug-likeness (QED) is 0.905. The zero-order valence-corrected chi connectivity index (χ0v) is 12.0. The van der Waals surface area contributed by atoms with Crippen molar-refractivity contribution in [3.8, 4) is 11.5 Å². The Labute approximate surface area is 119 Å². The van der Waals surface area contributed by atoms with E-state index in [1.54, 1.807) is 0 Å². The van der Waals surface area contributed by atoms with Crippen molar-refractivity contribution in [3.63, 3.8) is 0 Å². The van der Waals surface area contributed by atoms with Crippen molar-refractivity contribution in [2.24, 2.45) is 5.73 Å². The summed E-state index contributed by atoms with van der Waals surface area (Å²) in [7, 11) is 0. The molecule has 2 N–H and O–H groups in total. The minimum atomic E-state index is 0.605. The number of aryl methyl sites for hydroxylation is 2. The van der Waals surface area contributed by atoms with Crippen LogP contribution in [-0.2, 0) is 6.42 Å². The Morgan fingerprint density at radius 1 is 1.05 bits per heavy atom. The van der Waals surface area contributed by atoms with Crippen LogP contribution in [0.1, 0.15) is 16.7 Å². The maximum absolute atomic E-state index is 6.01. The molecule has 0 fully saturated rings. The first-order valence-corrected chi connectivity index (χ1v) is 6.71. The minimum absolute atomic E-state index is 0.605. The highest BCUT2D eigenvalue weighted by Gasteiger charge is 2.07. The Hall–Kier alpha value is -1.51. The van der Waals surface area contributed by atoms with Gasteiger partial charge in [-0.25, -0.2) is 0 Å². The lowest BCUT2D eigenvalue weighted by Gasteiger charge is -2.13. The van der Waals surface area contributed by atoms with Crippen molar-refractivity contribution in [3.05, 3.63) is 58.1 Å². The molecule has 0 saturated carbocycles. The van der Waals surface area contributed by atoms with Gasteiger partial charge in [-0.05, 0) is 56.1 Å². The first kappa shape index (κ1) is 13.9. The number of benzene rings is 2. The third kappa shape index (κ3) is 3.49. The number of hydrogen-bond acceptors (Lipinski definition) is 2. The van der Waals surface area contributed by atoms with Crippen molar-refractivity contribution in [2.45, 2.75) is 20.3 Å². The molecule has 3 heteroatoms. The second kappa shape index (κ2) is 6.09. The normalized spacial score (nSPS) is 10.5. The minimum Gasteiger partial charge on any atom is -0.457 e. The van der Waals surface area contributed by atoms with Crippen LogP contribution in [0.3, 0.4) is 0 Å². The van der Waals surface area contributed by atoms with E-state index in [0.29, 0.717) is 11.6 Å². The lowest BCUT2D eigenvalue weighted by molar-refractivity contribution is 0.472. The summed E-state index contributed by atoms with van der Waals surface area (Å²) in [5, 5.41) is 0.674. The molecule has 0 aliphatic rings. The molecule has 2 rings (SSSR count). The van der Waals surface area contributed by atoms with Crippen LogP contribution in [0, 0.1) is 13.8 Å². The van der Waals surface area contributed by atoms with Gasteiger partial charge in [0.1, 0.15) is 11.5 Å². The first-order chi connectivity index (χ1) is 9.10. The van der Waals surface area contributed by atoms with Crippen LogP contribution in [0.4, 0.5) is 0 Å². The predicted molar refractivity (Wildman–Crippen MR) is 80.2 cm³/mol. The second-order valence-corrected chi connectivity index (χ2v) is 5.10. The van der Waals surface area contributed by atoms with Gasteiger partial charge in [-0.3, -0.25) is 0 Å². The van der Waals surface area contributed by atoms with Crippen molar-refractivity contribution in [1.29, 1.82) is 0 Å². The van der Waals surface area contributed by atoms with Gasteiger partial charge in [-0.1, -0.05) is 35.4 Å². The predicted octanol–water partition coefficient (Wildman–Crippen LogP) is 4.25. The molecule has 2 nitrogen and oxygen atoms in total. The molecule has 0 aromatic heterocycles. The van der Waals surface area contributed by atoms with Gasteiger partial charge in [0, 0.05) is 5.02 Å². The third-order valence-electron chi connectivity index (χ3n) is 3.00. The second-order valence-electron chi connectivity index (χ2n) is 4.66. The van der Waals surface area contributed by atoms with E-state index in [-0.39, 0.29) is 0 Å². The monoisotopic (exact) mass is 275 g/mol. The van der Waals surface area contributed by atoms with E-state index in [0.717, 1.165) is 29.0 Å². The molecule has 100 valence electrons. The maximum atomic E-state index is 6.01. The summed E-state index contributed by atoms with van der Waals surface area (Å²) in [6.45, 7) is 4.67. The van der Waals surface area contributed by atoms with Gasteiger partial charge >= 0.3 is 0 Å². The Balaban J connectivity index is 2.34. The SMILES string of the molecule is Cc1ccc(Oc2cc(Cl)ccc2C)c(CCN)c1. The fraction of sp³-hybridized carbons (Fsp3) is 0.250. The van der Waals surface area contributed by atoms with Crippen LogP contribution in [0.15, 0.2) is 36.4 Å². The number of halogens is 1. The van der Waals surface area contributed by atoms with Gasteiger partial charge in [0.05, 0.1) is 0 Å². The van der Waals surface area contributed by atoms with Gasteiger partial charge in [0.2, 0.25) is 0 Å². The maximum Gasteiger partial charge on any atom is 0.131 e. The van der Waals surface area contributed by atoms with Crippen LogP contribution in [0.25, 0.3) is 0 Å². The van der Waals surface area contributed by atoms with E-state index in [4.69, 9.17) is 22.1 Å². The van der Waals surface area contributed by atoms with Gasteiger partial charge in [0.25, 0.3) is 0 Å². The fourth-order valence-electron chi connectivity index (χ4n) is 1.96. The summed E-state index contributed by atoms with van der Waals surface area (Å²) in [4.78, 5) is 0. The Kier molecular flexibility index (Phi) is 4.46. The lowest BCUT2D eigenvalue weighted by atomic mass is 10.1. The molecule has 19 heavy (non-hydrogen) atoms. The van der Waals surface area contributed by atoms with Crippen molar-refractivity contribution < 1.29 is 4.74 Å². The molecule has 0 aliphatic heterocycles. The number of ether oxygens (including phenoxy) is 1. The van der Waals surface area contributed by atoms with Gasteiger partial charge in [-0.2, -0.15) is 0 Å². The number of nitrogens with two attached hydrogens (primary N) is 1. The molecule has 0 bridgehead atoms. The topological polar surface area (TPSA) is 35.2 Å². The molecular weight excluding hydrogens is 258 g/mol.